The highest BCUT2D eigenvalue weighted by Gasteiger charge is 2.41. The Labute approximate surface area is 161 Å². The molecule has 0 amide bonds. The molecule has 0 aromatic carbocycles. The van der Waals surface area contributed by atoms with Crippen molar-refractivity contribution in [1.82, 2.24) is 19.9 Å². The largest absolute Gasteiger partial charge is 0.345 e. The fourth-order valence-electron chi connectivity index (χ4n) is 3.85. The number of nitrogens with one attached hydrogen (secondary N) is 1. The van der Waals surface area contributed by atoms with Crippen LogP contribution in [-0.2, 0) is 11.8 Å². The lowest BCUT2D eigenvalue weighted by molar-refractivity contribution is 0.446. The zero-order valence-corrected chi connectivity index (χ0v) is 17.0. The summed E-state index contributed by atoms with van der Waals surface area (Å²) in [4.78, 5) is 22.4. The molecule has 0 spiro atoms. The molecule has 1 unspecified atom stereocenters. The average Bonchev–Trinajstić information content (AvgIpc) is 3.14. The van der Waals surface area contributed by atoms with Crippen LogP contribution in [0.3, 0.4) is 0 Å². The molecule has 1 atom stereocenters. The molecule has 1 aliphatic heterocycles. The van der Waals surface area contributed by atoms with Gasteiger partial charge in [-0.3, -0.25) is 4.99 Å². The van der Waals surface area contributed by atoms with Gasteiger partial charge in [-0.15, -0.1) is 0 Å². The third-order valence-corrected chi connectivity index (χ3v) is 5.91. The first-order valence-electron chi connectivity index (χ1n) is 9.71. The van der Waals surface area contributed by atoms with Gasteiger partial charge in [0.25, 0.3) is 0 Å². The zero-order valence-electron chi connectivity index (χ0n) is 17.0. The first-order valence-corrected chi connectivity index (χ1v) is 9.71. The minimum atomic E-state index is -0.127. The zero-order chi connectivity index (χ0) is 19.3. The molecular formula is C22H29N5. The number of aromatic nitrogens is 4. The van der Waals surface area contributed by atoms with Gasteiger partial charge in [0.1, 0.15) is 11.5 Å². The molecule has 1 aliphatic rings. The fourth-order valence-corrected chi connectivity index (χ4v) is 3.85. The summed E-state index contributed by atoms with van der Waals surface area (Å²) in [6, 6.07) is 4.13. The summed E-state index contributed by atoms with van der Waals surface area (Å²) in [6.45, 7) is 13.2. The fraction of sp³-hybridized carbons (Fsp3) is 0.455. The second-order valence-electron chi connectivity index (χ2n) is 8.47. The summed E-state index contributed by atoms with van der Waals surface area (Å²) in [6.07, 6.45) is 4.79. The van der Waals surface area contributed by atoms with E-state index in [1.807, 2.05) is 18.5 Å². The minimum Gasteiger partial charge on any atom is -0.345 e. The number of fused-ring (bicyclic) bond motifs is 2. The Morgan fingerprint density at radius 3 is 2.63 bits per heavy atom. The molecule has 0 bridgehead atoms. The standard InChI is InChI=1S/C22H27N5.H2/c1-12(2)9-19-23-11-16-15(10-24-21(16)27-19)17-7-8-18-20(26-17)22(6,13(3)4)14(5)25-18;/h7-8,10-13H,9H2,1-6H3,(H,23,24,27);1H. The Morgan fingerprint density at radius 2 is 1.93 bits per heavy atom. The number of H-pyrrole nitrogens is 1. The number of pyridine rings is 1. The molecule has 4 rings (SSSR count). The third-order valence-electron chi connectivity index (χ3n) is 5.91. The molecule has 5 heteroatoms. The van der Waals surface area contributed by atoms with E-state index in [0.29, 0.717) is 11.8 Å². The normalized spacial score (nSPS) is 19.2. The van der Waals surface area contributed by atoms with Crippen LogP contribution in [0.5, 0.6) is 0 Å². The predicted octanol–water partition coefficient (Wildman–Crippen LogP) is 5.48. The lowest BCUT2D eigenvalue weighted by atomic mass is 9.73. The van der Waals surface area contributed by atoms with E-state index in [2.05, 4.69) is 62.6 Å². The van der Waals surface area contributed by atoms with Crippen LogP contribution in [0, 0.1) is 11.8 Å². The highest BCUT2D eigenvalue weighted by Crippen LogP contribution is 2.44. The van der Waals surface area contributed by atoms with Gasteiger partial charge < -0.3 is 4.98 Å². The Balaban J connectivity index is 0.00000225. The van der Waals surface area contributed by atoms with Crippen LogP contribution >= 0.6 is 0 Å². The monoisotopic (exact) mass is 363 g/mol. The van der Waals surface area contributed by atoms with E-state index in [0.717, 1.165) is 51.6 Å². The molecule has 1 N–H and O–H groups in total. The number of aromatic amines is 1. The van der Waals surface area contributed by atoms with E-state index >= 15 is 0 Å². The Bertz CT molecular complexity index is 1050. The van der Waals surface area contributed by atoms with Gasteiger partial charge in [-0.05, 0) is 37.8 Å². The van der Waals surface area contributed by atoms with E-state index in [9.17, 15) is 0 Å². The molecule has 0 saturated heterocycles. The molecule has 3 aromatic heterocycles. The first kappa shape index (κ1) is 17.8. The van der Waals surface area contributed by atoms with Crippen molar-refractivity contribution in [3.8, 4) is 11.3 Å². The van der Waals surface area contributed by atoms with Crippen molar-refractivity contribution in [2.75, 3.05) is 0 Å². The van der Waals surface area contributed by atoms with Gasteiger partial charge in [-0.1, -0.05) is 27.7 Å². The number of nitrogens with zero attached hydrogens (tertiary/aromatic N) is 4. The Morgan fingerprint density at radius 1 is 1.15 bits per heavy atom. The Hall–Kier alpha value is -2.56. The van der Waals surface area contributed by atoms with Crippen LogP contribution in [0.25, 0.3) is 22.3 Å². The molecule has 142 valence electrons. The van der Waals surface area contributed by atoms with Crippen LogP contribution in [-0.4, -0.2) is 25.6 Å². The van der Waals surface area contributed by atoms with E-state index in [4.69, 9.17) is 9.98 Å². The number of hydrogen-bond donors (Lipinski definition) is 1. The van der Waals surface area contributed by atoms with Gasteiger partial charge in [0, 0.05) is 36.9 Å². The van der Waals surface area contributed by atoms with Gasteiger partial charge in [0.05, 0.1) is 22.5 Å². The van der Waals surface area contributed by atoms with Crippen molar-refractivity contribution >= 4 is 22.4 Å². The topological polar surface area (TPSA) is 66.8 Å². The second kappa shape index (κ2) is 6.25. The molecule has 3 aromatic rings. The maximum Gasteiger partial charge on any atom is 0.141 e. The molecular weight excluding hydrogens is 334 g/mol. The van der Waals surface area contributed by atoms with Crippen LogP contribution in [0.4, 0.5) is 5.69 Å². The lowest BCUT2D eigenvalue weighted by Crippen LogP contribution is -2.34. The first-order chi connectivity index (χ1) is 12.8. The van der Waals surface area contributed by atoms with Gasteiger partial charge in [-0.25, -0.2) is 15.0 Å². The molecule has 0 radical (unpaired) electrons. The van der Waals surface area contributed by atoms with Crippen molar-refractivity contribution in [3.63, 3.8) is 0 Å². The molecule has 0 saturated carbocycles. The average molecular weight is 364 g/mol. The van der Waals surface area contributed by atoms with Crippen molar-refractivity contribution < 1.29 is 1.43 Å². The lowest BCUT2D eigenvalue weighted by Gasteiger charge is -2.29. The summed E-state index contributed by atoms with van der Waals surface area (Å²) in [7, 11) is 0. The summed E-state index contributed by atoms with van der Waals surface area (Å²) in [5, 5.41) is 1.01. The third kappa shape index (κ3) is 2.76. The Kier molecular flexibility index (Phi) is 4.13. The van der Waals surface area contributed by atoms with Crippen molar-refractivity contribution in [2.45, 2.75) is 53.4 Å². The van der Waals surface area contributed by atoms with Crippen LogP contribution < -0.4 is 0 Å². The van der Waals surface area contributed by atoms with Crippen LogP contribution in [0.15, 0.2) is 29.5 Å². The van der Waals surface area contributed by atoms with E-state index in [1.165, 1.54) is 0 Å². The van der Waals surface area contributed by atoms with Gasteiger partial charge in [0.15, 0.2) is 0 Å². The molecule has 0 aliphatic carbocycles. The predicted molar refractivity (Wildman–Crippen MR) is 113 cm³/mol. The number of rotatable bonds is 4. The smallest absolute Gasteiger partial charge is 0.141 e. The van der Waals surface area contributed by atoms with Gasteiger partial charge >= 0.3 is 0 Å². The van der Waals surface area contributed by atoms with Gasteiger partial charge in [-0.2, -0.15) is 0 Å². The minimum absolute atomic E-state index is 0. The highest BCUT2D eigenvalue weighted by atomic mass is 14.9. The van der Waals surface area contributed by atoms with Crippen LogP contribution in [0.2, 0.25) is 0 Å². The molecule has 0 fully saturated rings. The summed E-state index contributed by atoms with van der Waals surface area (Å²) < 4.78 is 0. The van der Waals surface area contributed by atoms with Crippen LogP contribution in [0.1, 0.15) is 54.5 Å². The summed E-state index contributed by atoms with van der Waals surface area (Å²) in [5.41, 5.74) is 5.92. The SMILES string of the molecule is CC1=Nc2ccc(-c3c[nH]c4nc(CC(C)C)ncc34)nc2C1(C)C(C)C.[HH]. The van der Waals surface area contributed by atoms with E-state index in [1.54, 1.807) is 0 Å². The number of hydrogen-bond acceptors (Lipinski definition) is 4. The van der Waals surface area contributed by atoms with Crippen molar-refractivity contribution in [1.29, 1.82) is 0 Å². The maximum atomic E-state index is 5.05. The van der Waals surface area contributed by atoms with E-state index in [-0.39, 0.29) is 6.84 Å². The summed E-state index contributed by atoms with van der Waals surface area (Å²) >= 11 is 0. The molecule has 4 heterocycles. The highest BCUT2D eigenvalue weighted by molar-refractivity contribution is 6.00. The van der Waals surface area contributed by atoms with Gasteiger partial charge in [0.2, 0.25) is 0 Å². The molecule has 27 heavy (non-hydrogen) atoms. The summed E-state index contributed by atoms with van der Waals surface area (Å²) in [5.74, 6) is 1.84. The number of aliphatic imine (C=N–C) groups is 1. The maximum absolute atomic E-state index is 5.05. The molecule has 5 nitrogen and oxygen atoms in total. The quantitative estimate of drug-likeness (QED) is 0.667. The van der Waals surface area contributed by atoms with E-state index < -0.39 is 0 Å². The second-order valence-corrected chi connectivity index (χ2v) is 8.47. The van der Waals surface area contributed by atoms with Crippen molar-refractivity contribution in [3.05, 3.63) is 36.0 Å². The van der Waals surface area contributed by atoms with Crippen molar-refractivity contribution in [2.24, 2.45) is 16.8 Å².